The van der Waals surface area contributed by atoms with Gasteiger partial charge in [-0.05, 0) is 42.9 Å². The van der Waals surface area contributed by atoms with Gasteiger partial charge in [-0.1, -0.05) is 6.58 Å². The summed E-state index contributed by atoms with van der Waals surface area (Å²) in [6.45, 7) is 3.80. The maximum Gasteiger partial charge on any atom is 0.229 e. The monoisotopic (exact) mass is 362 g/mol. The van der Waals surface area contributed by atoms with Gasteiger partial charge in [0.15, 0.2) is 11.5 Å². The molecule has 1 fully saturated rings. The molecule has 4 N–H and O–H groups in total. The van der Waals surface area contributed by atoms with E-state index in [1.165, 1.54) is 6.07 Å². The number of aliphatic hydroxyl groups is 3. The number of allylic oxidation sites excluding steroid dienone is 2. The predicted octanol–water partition coefficient (Wildman–Crippen LogP) is 1.44. The molecule has 0 amide bonds. The summed E-state index contributed by atoms with van der Waals surface area (Å²) in [4.78, 5) is 0. The molecule has 1 unspecified atom stereocenters. The van der Waals surface area contributed by atoms with Gasteiger partial charge in [-0.3, -0.25) is 0 Å². The van der Waals surface area contributed by atoms with E-state index in [0.29, 0.717) is 11.5 Å². The Kier molecular flexibility index (Phi) is 4.40. The summed E-state index contributed by atoms with van der Waals surface area (Å²) < 4.78 is 16.6. The number of hydrogen-bond acceptors (Lipinski definition) is 7. The van der Waals surface area contributed by atoms with E-state index in [-0.39, 0.29) is 18.1 Å². The third kappa shape index (κ3) is 2.87. The second-order valence-corrected chi connectivity index (χ2v) is 6.87. The molecule has 0 aromatic heterocycles. The van der Waals surface area contributed by atoms with Gasteiger partial charge in [0.1, 0.15) is 29.8 Å². The van der Waals surface area contributed by atoms with Crippen molar-refractivity contribution in [3.8, 4) is 17.2 Å². The normalized spacial score (nSPS) is 31.1. The SMILES string of the molecule is C=C1Oc2cc(O[C@@H]3OC[C@@H](O)[C@@H](O)C3O)c(O)cc2C2=C1CCCC2. The number of aromatic hydroxyl groups is 1. The van der Waals surface area contributed by atoms with Crippen molar-refractivity contribution in [1.29, 1.82) is 0 Å². The zero-order chi connectivity index (χ0) is 18.4. The number of benzene rings is 1. The Morgan fingerprint density at radius 1 is 1.04 bits per heavy atom. The van der Waals surface area contributed by atoms with Crippen molar-refractivity contribution in [2.45, 2.75) is 50.3 Å². The highest BCUT2D eigenvalue weighted by Crippen LogP contribution is 2.47. The first-order chi connectivity index (χ1) is 12.5. The number of hydrogen-bond donors (Lipinski definition) is 4. The van der Waals surface area contributed by atoms with E-state index < -0.39 is 24.6 Å². The lowest BCUT2D eigenvalue weighted by molar-refractivity contribution is -0.242. The lowest BCUT2D eigenvalue weighted by Crippen LogP contribution is -2.54. The molecular weight excluding hydrogens is 340 g/mol. The number of rotatable bonds is 2. The molecule has 4 atom stereocenters. The van der Waals surface area contributed by atoms with Gasteiger partial charge in [0.05, 0.1) is 6.61 Å². The molecule has 2 aliphatic heterocycles. The smallest absolute Gasteiger partial charge is 0.229 e. The van der Waals surface area contributed by atoms with Crippen molar-refractivity contribution in [2.75, 3.05) is 6.61 Å². The summed E-state index contributed by atoms with van der Waals surface area (Å²) >= 11 is 0. The van der Waals surface area contributed by atoms with Crippen molar-refractivity contribution < 1.29 is 34.6 Å². The second-order valence-electron chi connectivity index (χ2n) is 6.87. The van der Waals surface area contributed by atoms with Gasteiger partial charge < -0.3 is 34.6 Å². The van der Waals surface area contributed by atoms with Gasteiger partial charge in [0.2, 0.25) is 6.29 Å². The Morgan fingerprint density at radius 3 is 2.54 bits per heavy atom. The van der Waals surface area contributed by atoms with Crippen LogP contribution in [-0.2, 0) is 4.74 Å². The van der Waals surface area contributed by atoms with Crippen LogP contribution in [0.15, 0.2) is 30.0 Å². The van der Waals surface area contributed by atoms with Gasteiger partial charge in [-0.25, -0.2) is 0 Å². The van der Waals surface area contributed by atoms with Crippen molar-refractivity contribution in [2.24, 2.45) is 0 Å². The summed E-state index contributed by atoms with van der Waals surface area (Å²) in [5.74, 6) is 1.07. The maximum absolute atomic E-state index is 10.4. The Hall–Kier alpha value is -2.06. The Labute approximate surface area is 150 Å². The quantitative estimate of drug-likeness (QED) is 0.630. The van der Waals surface area contributed by atoms with E-state index in [4.69, 9.17) is 14.2 Å². The predicted molar refractivity (Wildman–Crippen MR) is 91.7 cm³/mol. The fraction of sp³-hybridized carbons (Fsp3) is 0.474. The van der Waals surface area contributed by atoms with Crippen molar-refractivity contribution in [3.63, 3.8) is 0 Å². The molecule has 1 aromatic rings. The van der Waals surface area contributed by atoms with Crippen LogP contribution in [0.25, 0.3) is 5.57 Å². The third-order valence-corrected chi connectivity index (χ3v) is 5.12. The first-order valence-electron chi connectivity index (χ1n) is 8.74. The van der Waals surface area contributed by atoms with Crippen LogP contribution in [0.5, 0.6) is 17.2 Å². The van der Waals surface area contributed by atoms with Crippen LogP contribution in [0.2, 0.25) is 0 Å². The Bertz CT molecular complexity index is 769. The molecule has 0 bridgehead atoms. The molecular formula is C19H22O7. The Balaban J connectivity index is 1.63. The molecule has 140 valence electrons. The summed E-state index contributed by atoms with van der Waals surface area (Å²) in [5.41, 5.74) is 3.05. The minimum Gasteiger partial charge on any atom is -0.504 e. The molecule has 7 heteroatoms. The summed E-state index contributed by atoms with van der Waals surface area (Å²) in [7, 11) is 0. The van der Waals surface area contributed by atoms with Crippen LogP contribution in [0, 0.1) is 0 Å². The Morgan fingerprint density at radius 2 is 1.77 bits per heavy atom. The number of ether oxygens (including phenoxy) is 3. The van der Waals surface area contributed by atoms with Crippen LogP contribution in [-0.4, -0.2) is 51.6 Å². The largest absolute Gasteiger partial charge is 0.504 e. The maximum atomic E-state index is 10.4. The van der Waals surface area contributed by atoms with E-state index in [0.717, 1.165) is 42.4 Å². The molecule has 1 aromatic carbocycles. The molecule has 0 spiro atoms. The third-order valence-electron chi connectivity index (χ3n) is 5.12. The first kappa shape index (κ1) is 17.4. The highest BCUT2D eigenvalue weighted by molar-refractivity contribution is 5.80. The van der Waals surface area contributed by atoms with E-state index in [2.05, 4.69) is 6.58 Å². The molecule has 4 rings (SSSR count). The zero-order valence-electron chi connectivity index (χ0n) is 14.2. The van der Waals surface area contributed by atoms with Crippen molar-refractivity contribution in [3.05, 3.63) is 35.6 Å². The lowest BCUT2D eigenvalue weighted by atomic mass is 9.84. The number of phenolic OH excluding ortho intramolecular Hbond substituents is 1. The number of aliphatic hydroxyl groups excluding tert-OH is 3. The summed E-state index contributed by atoms with van der Waals surface area (Å²) in [5, 5.41) is 39.6. The fourth-order valence-electron chi connectivity index (χ4n) is 3.68. The van der Waals surface area contributed by atoms with Crippen molar-refractivity contribution >= 4 is 5.57 Å². The minimum absolute atomic E-state index is 0.0593. The van der Waals surface area contributed by atoms with Gasteiger partial charge in [0, 0.05) is 11.6 Å². The van der Waals surface area contributed by atoms with Crippen LogP contribution in [0.1, 0.15) is 31.2 Å². The van der Waals surface area contributed by atoms with Crippen molar-refractivity contribution in [1.82, 2.24) is 0 Å². The molecule has 0 saturated carbocycles. The summed E-state index contributed by atoms with van der Waals surface area (Å²) in [6.07, 6.45) is -1.26. The molecule has 3 aliphatic rings. The van der Waals surface area contributed by atoms with Crippen LogP contribution < -0.4 is 9.47 Å². The summed E-state index contributed by atoms with van der Waals surface area (Å²) in [6, 6.07) is 3.11. The zero-order valence-corrected chi connectivity index (χ0v) is 14.2. The number of fused-ring (bicyclic) bond motifs is 2. The second kappa shape index (κ2) is 6.59. The van der Waals surface area contributed by atoms with E-state index in [9.17, 15) is 20.4 Å². The van der Waals surface area contributed by atoms with Gasteiger partial charge in [-0.15, -0.1) is 0 Å². The van der Waals surface area contributed by atoms with E-state index >= 15 is 0 Å². The molecule has 7 nitrogen and oxygen atoms in total. The molecule has 1 saturated heterocycles. The molecule has 26 heavy (non-hydrogen) atoms. The fourth-order valence-corrected chi connectivity index (χ4v) is 3.68. The highest BCUT2D eigenvalue weighted by Gasteiger charge is 2.39. The molecule has 1 aliphatic carbocycles. The van der Waals surface area contributed by atoms with Gasteiger partial charge >= 0.3 is 0 Å². The lowest BCUT2D eigenvalue weighted by Gasteiger charge is -2.35. The van der Waals surface area contributed by atoms with E-state index in [1.54, 1.807) is 6.07 Å². The van der Waals surface area contributed by atoms with Crippen LogP contribution in [0.4, 0.5) is 0 Å². The number of phenols is 1. The molecule has 0 radical (unpaired) electrons. The van der Waals surface area contributed by atoms with Gasteiger partial charge in [-0.2, -0.15) is 0 Å². The van der Waals surface area contributed by atoms with E-state index in [1.807, 2.05) is 0 Å². The topological polar surface area (TPSA) is 109 Å². The van der Waals surface area contributed by atoms with Crippen LogP contribution >= 0.6 is 0 Å². The van der Waals surface area contributed by atoms with Gasteiger partial charge in [0.25, 0.3) is 0 Å². The van der Waals surface area contributed by atoms with Crippen LogP contribution in [0.3, 0.4) is 0 Å². The average Bonchev–Trinajstić information content (AvgIpc) is 2.64. The average molecular weight is 362 g/mol. The standard InChI is InChI=1S/C19H22O7/c1-9-10-4-2-3-5-11(10)12-6-13(20)16(7-15(12)25-9)26-19-18(23)17(22)14(21)8-24-19/h6-7,14,17-23H,1-5,8H2/t14-,17-,18?,19+/m1/s1. The molecule has 2 heterocycles. The first-order valence-corrected chi connectivity index (χ1v) is 8.74. The minimum atomic E-state index is -1.45. The highest BCUT2D eigenvalue weighted by atomic mass is 16.7.